The highest BCUT2D eigenvalue weighted by molar-refractivity contribution is 8.02. The molecule has 1 aromatic rings. The molecule has 2 aliphatic rings. The largest absolute Gasteiger partial charge is 0.465 e. The Kier molecular flexibility index (Phi) is 8.27. The van der Waals surface area contributed by atoms with Crippen molar-refractivity contribution in [1.82, 2.24) is 0 Å². The lowest BCUT2D eigenvalue weighted by Gasteiger charge is -2.29. The molecule has 2 aliphatic carbocycles. The summed E-state index contributed by atoms with van der Waals surface area (Å²) in [5, 5.41) is 0. The van der Waals surface area contributed by atoms with Gasteiger partial charge in [0.15, 0.2) is 0 Å². The molecule has 0 amide bonds. The maximum Gasteiger partial charge on any atom is 0.334 e. The Balaban J connectivity index is 1.90. The number of ether oxygens (including phenoxy) is 2. The van der Waals surface area contributed by atoms with Crippen molar-refractivity contribution in [2.45, 2.75) is 94.1 Å². The van der Waals surface area contributed by atoms with Crippen molar-refractivity contribution in [3.05, 3.63) is 29.3 Å². The Morgan fingerprint density at radius 3 is 2.40 bits per heavy atom. The van der Waals surface area contributed by atoms with E-state index in [2.05, 4.69) is 25.1 Å². The van der Waals surface area contributed by atoms with Crippen molar-refractivity contribution in [2.24, 2.45) is 5.92 Å². The second-order valence-corrected chi connectivity index (χ2v) is 9.92. The summed E-state index contributed by atoms with van der Waals surface area (Å²) in [6.45, 7) is 6.18. The molecule has 4 nitrogen and oxygen atoms in total. The molecular formula is C25H36O4S. The van der Waals surface area contributed by atoms with Gasteiger partial charge in [0.05, 0.1) is 13.2 Å². The second-order valence-electron chi connectivity index (χ2n) is 8.54. The van der Waals surface area contributed by atoms with Gasteiger partial charge < -0.3 is 9.47 Å². The number of rotatable bonds is 10. The summed E-state index contributed by atoms with van der Waals surface area (Å²) in [5.41, 5.74) is 2.87. The standard InChI is InChI=1S/C25H36O4S/c1-4-7-10-15-25(23(26)28-5-2,24(27)29-6-3)30-20-13-14-22-19(17-20)16-18-11-8-9-12-21(18)22/h13-14,17-18,21H,4-12,15-16H2,1-3H3. The quantitative estimate of drug-likeness (QED) is 0.195. The summed E-state index contributed by atoms with van der Waals surface area (Å²) in [7, 11) is 0. The third-order valence-corrected chi connectivity index (χ3v) is 7.92. The minimum atomic E-state index is -1.33. The van der Waals surface area contributed by atoms with Crippen LogP contribution >= 0.6 is 11.8 Å². The van der Waals surface area contributed by atoms with Crippen LogP contribution in [0.4, 0.5) is 0 Å². The van der Waals surface area contributed by atoms with Gasteiger partial charge in [0.25, 0.3) is 0 Å². The third-order valence-electron chi connectivity index (χ3n) is 6.54. The Bertz CT molecular complexity index is 727. The van der Waals surface area contributed by atoms with E-state index >= 15 is 0 Å². The molecule has 5 heteroatoms. The van der Waals surface area contributed by atoms with Gasteiger partial charge >= 0.3 is 11.9 Å². The lowest BCUT2D eigenvalue weighted by molar-refractivity contribution is -0.159. The molecule has 2 unspecified atom stereocenters. The minimum absolute atomic E-state index is 0.252. The number of hydrogen-bond donors (Lipinski definition) is 0. The number of fused-ring (bicyclic) bond motifs is 3. The zero-order valence-electron chi connectivity index (χ0n) is 18.7. The molecular weight excluding hydrogens is 396 g/mol. The summed E-state index contributed by atoms with van der Waals surface area (Å²) in [5.74, 6) is 0.507. The van der Waals surface area contributed by atoms with Gasteiger partial charge in [-0.1, -0.05) is 56.9 Å². The fraction of sp³-hybridized carbons (Fsp3) is 0.680. The molecule has 0 radical (unpaired) electrons. The number of hydrogen-bond acceptors (Lipinski definition) is 5. The molecule has 0 bridgehead atoms. The smallest absolute Gasteiger partial charge is 0.334 e. The van der Waals surface area contributed by atoms with Crippen LogP contribution < -0.4 is 0 Å². The van der Waals surface area contributed by atoms with Crippen LogP contribution in [0.1, 0.15) is 89.2 Å². The van der Waals surface area contributed by atoms with Gasteiger partial charge in [-0.2, -0.15) is 0 Å². The van der Waals surface area contributed by atoms with Gasteiger partial charge in [0.1, 0.15) is 0 Å². The van der Waals surface area contributed by atoms with E-state index in [9.17, 15) is 9.59 Å². The normalized spacial score (nSPS) is 20.4. The fourth-order valence-electron chi connectivity index (χ4n) is 5.07. The Hall–Kier alpha value is -1.49. The molecule has 1 aromatic carbocycles. The van der Waals surface area contributed by atoms with Crippen LogP contribution in [0.3, 0.4) is 0 Å². The number of thioether (sulfide) groups is 1. The first kappa shape index (κ1) is 23.2. The van der Waals surface area contributed by atoms with E-state index in [4.69, 9.17) is 9.47 Å². The van der Waals surface area contributed by atoms with E-state index in [1.54, 1.807) is 13.8 Å². The SMILES string of the molecule is CCCCCC(Sc1ccc2c(c1)CC1CCCCC21)(C(=O)OCC)C(=O)OCC. The average Bonchev–Trinajstić information content (AvgIpc) is 3.11. The summed E-state index contributed by atoms with van der Waals surface area (Å²) in [4.78, 5) is 27.1. The van der Waals surface area contributed by atoms with Crippen molar-refractivity contribution in [2.75, 3.05) is 13.2 Å². The molecule has 0 spiro atoms. The van der Waals surface area contributed by atoms with E-state index in [-0.39, 0.29) is 13.2 Å². The Labute approximate surface area is 185 Å². The van der Waals surface area contributed by atoms with Crippen LogP contribution in [-0.4, -0.2) is 29.9 Å². The lowest BCUT2D eigenvalue weighted by Crippen LogP contribution is -2.46. The minimum Gasteiger partial charge on any atom is -0.465 e. The first-order valence-electron chi connectivity index (χ1n) is 11.7. The molecule has 0 N–H and O–H groups in total. The van der Waals surface area contributed by atoms with Crippen LogP contribution in [0.2, 0.25) is 0 Å². The van der Waals surface area contributed by atoms with Gasteiger partial charge in [-0.25, -0.2) is 9.59 Å². The summed E-state index contributed by atoms with van der Waals surface area (Å²) in [6, 6.07) is 6.54. The van der Waals surface area contributed by atoms with Crippen LogP contribution in [-0.2, 0) is 25.5 Å². The van der Waals surface area contributed by atoms with E-state index in [1.807, 2.05) is 0 Å². The van der Waals surface area contributed by atoms with Crippen molar-refractivity contribution in [3.8, 4) is 0 Å². The predicted molar refractivity (Wildman–Crippen MR) is 121 cm³/mol. The highest BCUT2D eigenvalue weighted by Gasteiger charge is 2.50. The topological polar surface area (TPSA) is 52.6 Å². The average molecular weight is 433 g/mol. The molecule has 2 atom stereocenters. The van der Waals surface area contributed by atoms with Crippen LogP contribution in [0.5, 0.6) is 0 Å². The highest BCUT2D eigenvalue weighted by atomic mass is 32.2. The van der Waals surface area contributed by atoms with E-state index in [1.165, 1.54) is 48.6 Å². The van der Waals surface area contributed by atoms with Crippen molar-refractivity contribution in [1.29, 1.82) is 0 Å². The Morgan fingerprint density at radius 2 is 1.73 bits per heavy atom. The van der Waals surface area contributed by atoms with Crippen LogP contribution in [0.25, 0.3) is 0 Å². The molecule has 0 saturated heterocycles. The summed E-state index contributed by atoms with van der Waals surface area (Å²) in [6.07, 6.45) is 9.60. The molecule has 166 valence electrons. The predicted octanol–water partition coefficient (Wildman–Crippen LogP) is 6.05. The summed E-state index contributed by atoms with van der Waals surface area (Å²) < 4.78 is 9.44. The Morgan fingerprint density at radius 1 is 1.03 bits per heavy atom. The first-order chi connectivity index (χ1) is 14.6. The number of esters is 2. The molecule has 0 heterocycles. The zero-order valence-corrected chi connectivity index (χ0v) is 19.5. The maximum atomic E-state index is 13.1. The van der Waals surface area contributed by atoms with Crippen molar-refractivity contribution in [3.63, 3.8) is 0 Å². The molecule has 30 heavy (non-hydrogen) atoms. The molecule has 0 aromatic heterocycles. The number of unbranched alkanes of at least 4 members (excludes halogenated alkanes) is 2. The number of carbonyl (C=O) groups excluding carboxylic acids is 2. The van der Waals surface area contributed by atoms with Gasteiger partial charge in [0, 0.05) is 4.90 Å². The highest BCUT2D eigenvalue weighted by Crippen LogP contribution is 2.48. The lowest BCUT2D eigenvalue weighted by atomic mass is 9.80. The number of benzene rings is 1. The number of carbonyl (C=O) groups is 2. The summed E-state index contributed by atoms with van der Waals surface area (Å²) >= 11 is 1.33. The van der Waals surface area contributed by atoms with Gasteiger partial charge in [0.2, 0.25) is 4.75 Å². The second kappa shape index (κ2) is 10.7. The van der Waals surface area contributed by atoms with Crippen molar-refractivity contribution < 1.29 is 19.1 Å². The monoisotopic (exact) mass is 432 g/mol. The van der Waals surface area contributed by atoms with Gasteiger partial charge in [-0.05, 0) is 74.6 Å². The van der Waals surface area contributed by atoms with E-state index < -0.39 is 16.7 Å². The molecule has 1 fully saturated rings. The van der Waals surface area contributed by atoms with Crippen molar-refractivity contribution >= 4 is 23.7 Å². The van der Waals surface area contributed by atoms with E-state index in [0.717, 1.165) is 36.5 Å². The molecule has 0 aliphatic heterocycles. The third kappa shape index (κ3) is 4.87. The van der Waals surface area contributed by atoms with Crippen LogP contribution in [0.15, 0.2) is 23.1 Å². The molecule has 3 rings (SSSR count). The molecule has 1 saturated carbocycles. The zero-order chi connectivity index (χ0) is 21.6. The van der Waals surface area contributed by atoms with Crippen LogP contribution in [0, 0.1) is 5.92 Å². The van der Waals surface area contributed by atoms with Gasteiger partial charge in [-0.15, -0.1) is 0 Å². The first-order valence-corrected chi connectivity index (χ1v) is 12.5. The fourth-order valence-corrected chi connectivity index (χ4v) is 6.34. The maximum absolute atomic E-state index is 13.1. The van der Waals surface area contributed by atoms with E-state index in [0.29, 0.717) is 12.3 Å². The van der Waals surface area contributed by atoms with Gasteiger partial charge in [-0.3, -0.25) is 0 Å².